The number of carbonyl (C=O) groups is 1. The van der Waals surface area contributed by atoms with E-state index in [4.69, 9.17) is 13.9 Å². The molecule has 0 saturated carbocycles. The van der Waals surface area contributed by atoms with Gasteiger partial charge < -0.3 is 19.0 Å². The van der Waals surface area contributed by atoms with E-state index in [2.05, 4.69) is 0 Å². The molecule has 0 fully saturated rings. The van der Waals surface area contributed by atoms with Gasteiger partial charge in [0.25, 0.3) is 0 Å². The molecule has 2 aromatic rings. The first kappa shape index (κ1) is 12.3. The molecule has 0 unspecified atom stereocenters. The second-order valence-electron chi connectivity index (χ2n) is 4.24. The number of ether oxygens (including phenoxy) is 2. The van der Waals surface area contributed by atoms with E-state index in [1.807, 2.05) is 0 Å². The minimum atomic E-state index is -1.03. The number of furan rings is 1. The summed E-state index contributed by atoms with van der Waals surface area (Å²) in [5.74, 6) is 0.637. The second-order valence-corrected chi connectivity index (χ2v) is 4.24. The van der Waals surface area contributed by atoms with E-state index < -0.39 is 5.97 Å². The molecular formula is C15H12O5. The summed E-state index contributed by atoms with van der Waals surface area (Å²) >= 11 is 0. The molecule has 3 rings (SSSR count). The lowest BCUT2D eigenvalue weighted by Gasteiger charge is -2.18. The van der Waals surface area contributed by atoms with Gasteiger partial charge >= 0.3 is 5.97 Å². The van der Waals surface area contributed by atoms with Gasteiger partial charge in [0, 0.05) is 0 Å². The summed E-state index contributed by atoms with van der Waals surface area (Å²) in [6, 6.07) is 8.46. The molecule has 1 aliphatic heterocycles. The van der Waals surface area contributed by atoms with Crippen molar-refractivity contribution in [3.05, 3.63) is 47.9 Å². The van der Waals surface area contributed by atoms with Crippen LogP contribution >= 0.6 is 0 Å². The minimum absolute atomic E-state index is 0.136. The highest BCUT2D eigenvalue weighted by Gasteiger charge is 2.17. The summed E-state index contributed by atoms with van der Waals surface area (Å²) in [6.45, 7) is 0.959. The number of hydrogen-bond donors (Lipinski definition) is 1. The molecule has 1 aliphatic rings. The molecular weight excluding hydrogens is 260 g/mol. The number of hydrogen-bond acceptors (Lipinski definition) is 4. The van der Waals surface area contributed by atoms with Gasteiger partial charge in [-0.05, 0) is 35.9 Å². The topological polar surface area (TPSA) is 68.9 Å². The van der Waals surface area contributed by atoms with E-state index >= 15 is 0 Å². The van der Waals surface area contributed by atoms with Crippen LogP contribution in [0.2, 0.25) is 0 Å². The van der Waals surface area contributed by atoms with Crippen LogP contribution in [0.15, 0.2) is 41.0 Å². The lowest BCUT2D eigenvalue weighted by molar-refractivity contribution is -0.130. The third-order valence-electron chi connectivity index (χ3n) is 2.91. The fraction of sp³-hybridized carbons (Fsp3) is 0.133. The van der Waals surface area contributed by atoms with Gasteiger partial charge in [-0.25, -0.2) is 4.79 Å². The van der Waals surface area contributed by atoms with Crippen molar-refractivity contribution in [2.45, 2.75) is 0 Å². The number of carboxylic acids is 1. The van der Waals surface area contributed by atoms with Crippen LogP contribution < -0.4 is 9.47 Å². The highest BCUT2D eigenvalue weighted by molar-refractivity contribution is 6.20. The first-order valence-corrected chi connectivity index (χ1v) is 6.12. The second kappa shape index (κ2) is 5.13. The monoisotopic (exact) mass is 272 g/mol. The first-order chi connectivity index (χ1) is 9.74. The van der Waals surface area contributed by atoms with Gasteiger partial charge in [0.1, 0.15) is 19.0 Å². The van der Waals surface area contributed by atoms with Gasteiger partial charge in [-0.3, -0.25) is 0 Å². The molecule has 0 bridgehead atoms. The van der Waals surface area contributed by atoms with Crippen LogP contribution in [0.4, 0.5) is 0 Å². The Balaban J connectivity index is 2.02. The van der Waals surface area contributed by atoms with E-state index in [9.17, 15) is 9.90 Å². The van der Waals surface area contributed by atoms with Crippen molar-refractivity contribution in [1.29, 1.82) is 0 Å². The quantitative estimate of drug-likeness (QED) is 0.870. The first-order valence-electron chi connectivity index (χ1n) is 6.12. The highest BCUT2D eigenvalue weighted by atomic mass is 16.6. The molecule has 0 saturated heterocycles. The molecule has 0 spiro atoms. The van der Waals surface area contributed by atoms with Gasteiger partial charge in [0.15, 0.2) is 11.5 Å². The molecule has 0 radical (unpaired) electrons. The van der Waals surface area contributed by atoms with Gasteiger partial charge in [-0.1, -0.05) is 6.07 Å². The standard InChI is InChI=1S/C15H12O5/c16-15(17)12(9-11-2-1-5-18-11)10-3-4-13-14(8-10)20-7-6-19-13/h1-5,8-9H,6-7H2,(H,16,17)/b12-9-. The zero-order chi connectivity index (χ0) is 13.9. The molecule has 5 nitrogen and oxygen atoms in total. The van der Waals surface area contributed by atoms with Gasteiger partial charge in [0.05, 0.1) is 11.8 Å². The van der Waals surface area contributed by atoms with Crippen molar-refractivity contribution >= 4 is 17.6 Å². The Morgan fingerprint density at radius 3 is 2.65 bits per heavy atom. The lowest BCUT2D eigenvalue weighted by atomic mass is 10.0. The maximum Gasteiger partial charge on any atom is 0.336 e. The van der Waals surface area contributed by atoms with Crippen molar-refractivity contribution in [2.75, 3.05) is 13.2 Å². The normalized spacial score (nSPS) is 14.1. The minimum Gasteiger partial charge on any atom is -0.486 e. The summed E-state index contributed by atoms with van der Waals surface area (Å²) in [4.78, 5) is 11.4. The van der Waals surface area contributed by atoms with E-state index in [0.717, 1.165) is 0 Å². The van der Waals surface area contributed by atoms with Gasteiger partial charge in [0.2, 0.25) is 0 Å². The molecule has 1 aromatic heterocycles. The van der Waals surface area contributed by atoms with E-state index in [0.29, 0.717) is 36.0 Å². The van der Waals surface area contributed by atoms with Crippen molar-refractivity contribution in [3.63, 3.8) is 0 Å². The molecule has 1 N–H and O–H groups in total. The van der Waals surface area contributed by atoms with E-state index in [-0.39, 0.29) is 5.57 Å². The molecule has 0 amide bonds. The summed E-state index contributed by atoms with van der Waals surface area (Å²) in [7, 11) is 0. The van der Waals surface area contributed by atoms with Crippen molar-refractivity contribution in [3.8, 4) is 11.5 Å². The molecule has 0 aliphatic carbocycles. The highest BCUT2D eigenvalue weighted by Crippen LogP contribution is 2.33. The molecule has 0 atom stereocenters. The average molecular weight is 272 g/mol. The van der Waals surface area contributed by atoms with E-state index in [1.54, 1.807) is 30.3 Å². The molecule has 20 heavy (non-hydrogen) atoms. The Labute approximate surface area is 115 Å². The number of rotatable bonds is 3. The number of carboxylic acid groups (broad SMARTS) is 1. The molecule has 2 heterocycles. The number of fused-ring (bicyclic) bond motifs is 1. The fourth-order valence-corrected chi connectivity index (χ4v) is 2.00. The zero-order valence-corrected chi connectivity index (χ0v) is 10.5. The average Bonchev–Trinajstić information content (AvgIpc) is 2.97. The van der Waals surface area contributed by atoms with Gasteiger partial charge in [-0.15, -0.1) is 0 Å². The summed E-state index contributed by atoms with van der Waals surface area (Å²) in [5.41, 5.74) is 0.676. The maximum absolute atomic E-state index is 11.4. The summed E-state index contributed by atoms with van der Waals surface area (Å²) in [5, 5.41) is 9.35. The van der Waals surface area contributed by atoms with Crippen molar-refractivity contribution < 1.29 is 23.8 Å². The van der Waals surface area contributed by atoms with Crippen LogP contribution in [0.1, 0.15) is 11.3 Å². The summed E-state index contributed by atoms with van der Waals surface area (Å²) in [6.07, 6.45) is 2.98. The molecule has 1 aromatic carbocycles. The van der Waals surface area contributed by atoms with Crippen molar-refractivity contribution in [2.24, 2.45) is 0 Å². The Hall–Kier alpha value is -2.69. The van der Waals surface area contributed by atoms with Crippen LogP contribution in [-0.2, 0) is 4.79 Å². The van der Waals surface area contributed by atoms with Crippen LogP contribution in [0.25, 0.3) is 11.6 Å². The van der Waals surface area contributed by atoms with Crippen molar-refractivity contribution in [1.82, 2.24) is 0 Å². The number of aliphatic carboxylic acids is 1. The largest absolute Gasteiger partial charge is 0.486 e. The number of benzene rings is 1. The fourth-order valence-electron chi connectivity index (χ4n) is 2.00. The predicted octanol–water partition coefficient (Wildman–Crippen LogP) is 2.68. The third kappa shape index (κ3) is 2.38. The van der Waals surface area contributed by atoms with Crippen LogP contribution in [0.5, 0.6) is 11.5 Å². The summed E-state index contributed by atoms with van der Waals surface area (Å²) < 4.78 is 16.0. The van der Waals surface area contributed by atoms with Crippen LogP contribution in [0.3, 0.4) is 0 Å². The van der Waals surface area contributed by atoms with E-state index in [1.165, 1.54) is 12.3 Å². The Kier molecular flexibility index (Phi) is 3.16. The SMILES string of the molecule is O=C(O)/C(=C\c1ccco1)c1ccc2c(c1)OCCO2. The Bertz CT molecular complexity index is 655. The predicted molar refractivity (Wildman–Crippen MR) is 71.6 cm³/mol. The molecule has 102 valence electrons. The maximum atomic E-state index is 11.4. The Morgan fingerprint density at radius 2 is 1.95 bits per heavy atom. The molecule has 5 heteroatoms. The smallest absolute Gasteiger partial charge is 0.336 e. The van der Waals surface area contributed by atoms with Crippen LogP contribution in [-0.4, -0.2) is 24.3 Å². The zero-order valence-electron chi connectivity index (χ0n) is 10.5. The third-order valence-corrected chi connectivity index (χ3v) is 2.91. The van der Waals surface area contributed by atoms with Crippen LogP contribution in [0, 0.1) is 0 Å². The Morgan fingerprint density at radius 1 is 1.15 bits per heavy atom. The lowest BCUT2D eigenvalue weighted by Crippen LogP contribution is -2.15. The van der Waals surface area contributed by atoms with Gasteiger partial charge in [-0.2, -0.15) is 0 Å².